The van der Waals surface area contributed by atoms with Gasteiger partial charge in [0.25, 0.3) is 0 Å². The maximum atomic E-state index is 12.1. The summed E-state index contributed by atoms with van der Waals surface area (Å²) in [6.45, 7) is 2.60. The summed E-state index contributed by atoms with van der Waals surface area (Å²) >= 11 is 3.24. The molecule has 0 saturated heterocycles. The van der Waals surface area contributed by atoms with Crippen molar-refractivity contribution in [3.63, 3.8) is 0 Å². The largest absolute Gasteiger partial charge is 0.495 e. The minimum atomic E-state index is -3.59. The fourth-order valence-electron chi connectivity index (χ4n) is 1.27. The van der Waals surface area contributed by atoms with E-state index in [0.29, 0.717) is 23.3 Å². The number of nitrogens with one attached hydrogen (secondary N) is 1. The standard InChI is InChI=1S/C11H17BrN2O3S/c1-8(6-13)7-14-18(15,16)11-5-9(12)3-4-10(11)17-2/h3-5,8,14H,6-7,13H2,1-2H3. The van der Waals surface area contributed by atoms with E-state index in [2.05, 4.69) is 20.7 Å². The van der Waals surface area contributed by atoms with E-state index in [1.165, 1.54) is 13.2 Å². The van der Waals surface area contributed by atoms with E-state index >= 15 is 0 Å². The molecule has 0 bridgehead atoms. The molecule has 0 amide bonds. The van der Waals surface area contributed by atoms with Crippen LogP contribution in [0, 0.1) is 5.92 Å². The van der Waals surface area contributed by atoms with Gasteiger partial charge in [-0.15, -0.1) is 0 Å². The van der Waals surface area contributed by atoms with Crippen molar-refractivity contribution in [3.05, 3.63) is 22.7 Å². The third-order valence-corrected chi connectivity index (χ3v) is 4.38. The molecule has 0 fully saturated rings. The van der Waals surface area contributed by atoms with Crippen LogP contribution in [0.15, 0.2) is 27.6 Å². The van der Waals surface area contributed by atoms with Gasteiger partial charge in [-0.2, -0.15) is 0 Å². The average Bonchev–Trinajstić information content (AvgIpc) is 2.36. The van der Waals surface area contributed by atoms with Crippen LogP contribution in [0.4, 0.5) is 0 Å². The second kappa shape index (κ2) is 6.51. The van der Waals surface area contributed by atoms with Crippen LogP contribution in [0.5, 0.6) is 5.75 Å². The highest BCUT2D eigenvalue weighted by molar-refractivity contribution is 9.10. The second-order valence-corrected chi connectivity index (χ2v) is 6.64. The zero-order chi connectivity index (χ0) is 13.8. The summed E-state index contributed by atoms with van der Waals surface area (Å²) in [6.07, 6.45) is 0. The molecule has 0 radical (unpaired) electrons. The van der Waals surface area contributed by atoms with Gasteiger partial charge in [0.1, 0.15) is 10.6 Å². The van der Waals surface area contributed by atoms with Gasteiger partial charge >= 0.3 is 0 Å². The molecule has 0 aromatic heterocycles. The molecule has 1 aromatic rings. The Morgan fingerprint density at radius 3 is 2.72 bits per heavy atom. The number of sulfonamides is 1. The Morgan fingerprint density at radius 2 is 2.17 bits per heavy atom. The van der Waals surface area contributed by atoms with Crippen LogP contribution in [0.3, 0.4) is 0 Å². The number of hydrogen-bond donors (Lipinski definition) is 2. The summed E-state index contributed by atoms with van der Waals surface area (Å²) in [5.41, 5.74) is 5.45. The summed E-state index contributed by atoms with van der Waals surface area (Å²) in [6, 6.07) is 4.83. The minimum absolute atomic E-state index is 0.0814. The topological polar surface area (TPSA) is 81.4 Å². The molecule has 1 unspecified atom stereocenters. The van der Waals surface area contributed by atoms with Crippen molar-refractivity contribution in [2.75, 3.05) is 20.2 Å². The summed E-state index contributed by atoms with van der Waals surface area (Å²) in [5.74, 6) is 0.393. The van der Waals surface area contributed by atoms with Crippen LogP contribution < -0.4 is 15.2 Å². The molecule has 0 aliphatic carbocycles. The number of hydrogen-bond acceptors (Lipinski definition) is 4. The SMILES string of the molecule is COc1ccc(Br)cc1S(=O)(=O)NCC(C)CN. The van der Waals surface area contributed by atoms with Gasteiger partial charge in [0.2, 0.25) is 10.0 Å². The van der Waals surface area contributed by atoms with Crippen LogP contribution in [0.25, 0.3) is 0 Å². The third-order valence-electron chi connectivity index (χ3n) is 2.44. The van der Waals surface area contributed by atoms with E-state index in [1.807, 2.05) is 6.92 Å². The summed E-state index contributed by atoms with van der Waals surface area (Å²) in [4.78, 5) is 0.114. The Morgan fingerprint density at radius 1 is 1.50 bits per heavy atom. The van der Waals surface area contributed by atoms with Crippen LogP contribution in [-0.4, -0.2) is 28.6 Å². The molecule has 102 valence electrons. The minimum Gasteiger partial charge on any atom is -0.495 e. The molecule has 0 aliphatic heterocycles. The van der Waals surface area contributed by atoms with Crippen LogP contribution in [0.1, 0.15) is 6.92 Å². The molecule has 7 heteroatoms. The molecular weight excluding hydrogens is 320 g/mol. The van der Waals surface area contributed by atoms with Crippen molar-refractivity contribution >= 4 is 26.0 Å². The molecule has 1 rings (SSSR count). The van der Waals surface area contributed by atoms with Gasteiger partial charge in [0, 0.05) is 11.0 Å². The Labute approximate surface area is 116 Å². The van der Waals surface area contributed by atoms with Crippen molar-refractivity contribution in [2.24, 2.45) is 11.7 Å². The van der Waals surface area contributed by atoms with Crippen molar-refractivity contribution in [3.8, 4) is 5.75 Å². The lowest BCUT2D eigenvalue weighted by molar-refractivity contribution is 0.402. The molecule has 0 saturated carbocycles. The number of halogens is 1. The smallest absolute Gasteiger partial charge is 0.244 e. The molecular formula is C11H17BrN2O3S. The maximum Gasteiger partial charge on any atom is 0.244 e. The summed E-state index contributed by atoms with van der Waals surface area (Å²) < 4.78 is 32.5. The maximum absolute atomic E-state index is 12.1. The fraction of sp³-hybridized carbons (Fsp3) is 0.455. The predicted octanol–water partition coefficient (Wildman–Crippen LogP) is 1.33. The van der Waals surface area contributed by atoms with E-state index in [4.69, 9.17) is 10.5 Å². The Kier molecular flexibility index (Phi) is 5.58. The summed E-state index contributed by atoms with van der Waals surface area (Å²) in [7, 11) is -2.16. The highest BCUT2D eigenvalue weighted by atomic mass is 79.9. The first-order valence-corrected chi connectivity index (χ1v) is 7.71. The summed E-state index contributed by atoms with van der Waals surface area (Å²) in [5, 5.41) is 0. The molecule has 1 aromatic carbocycles. The third kappa shape index (κ3) is 3.94. The molecule has 1 atom stereocenters. The van der Waals surface area contributed by atoms with E-state index in [9.17, 15) is 8.42 Å². The number of methoxy groups -OCH3 is 1. The van der Waals surface area contributed by atoms with Gasteiger partial charge in [-0.25, -0.2) is 13.1 Å². The number of ether oxygens (including phenoxy) is 1. The Hall–Kier alpha value is -0.630. The van der Waals surface area contributed by atoms with E-state index in [0.717, 1.165) is 0 Å². The lowest BCUT2D eigenvalue weighted by atomic mass is 10.2. The van der Waals surface area contributed by atoms with Crippen molar-refractivity contribution in [1.29, 1.82) is 0 Å². The van der Waals surface area contributed by atoms with Gasteiger partial charge in [-0.1, -0.05) is 22.9 Å². The van der Waals surface area contributed by atoms with Crippen LogP contribution in [0.2, 0.25) is 0 Å². The van der Waals surface area contributed by atoms with Gasteiger partial charge in [-0.05, 0) is 30.7 Å². The van der Waals surface area contributed by atoms with E-state index in [-0.39, 0.29) is 10.8 Å². The first-order valence-electron chi connectivity index (χ1n) is 5.44. The normalized spacial score (nSPS) is 13.3. The average molecular weight is 337 g/mol. The molecule has 0 aliphatic rings. The van der Waals surface area contributed by atoms with Crippen LogP contribution in [-0.2, 0) is 10.0 Å². The van der Waals surface area contributed by atoms with Crippen LogP contribution >= 0.6 is 15.9 Å². The van der Waals surface area contributed by atoms with Gasteiger partial charge in [0.05, 0.1) is 7.11 Å². The monoisotopic (exact) mass is 336 g/mol. The molecule has 18 heavy (non-hydrogen) atoms. The number of benzene rings is 1. The van der Waals surface area contributed by atoms with Crippen molar-refractivity contribution in [1.82, 2.24) is 4.72 Å². The first kappa shape index (κ1) is 15.4. The zero-order valence-electron chi connectivity index (χ0n) is 10.3. The van der Waals surface area contributed by atoms with E-state index in [1.54, 1.807) is 12.1 Å². The first-order chi connectivity index (χ1) is 8.40. The molecule has 0 heterocycles. The van der Waals surface area contributed by atoms with Crippen molar-refractivity contribution in [2.45, 2.75) is 11.8 Å². The molecule has 3 N–H and O–H groups in total. The lowest BCUT2D eigenvalue weighted by Gasteiger charge is -2.13. The van der Waals surface area contributed by atoms with E-state index < -0.39 is 10.0 Å². The highest BCUT2D eigenvalue weighted by Crippen LogP contribution is 2.27. The zero-order valence-corrected chi connectivity index (χ0v) is 12.7. The van der Waals surface area contributed by atoms with Gasteiger partial charge in [-0.3, -0.25) is 0 Å². The number of rotatable bonds is 6. The number of nitrogens with two attached hydrogens (primary N) is 1. The molecule has 0 spiro atoms. The highest BCUT2D eigenvalue weighted by Gasteiger charge is 2.20. The lowest BCUT2D eigenvalue weighted by Crippen LogP contribution is -2.31. The van der Waals surface area contributed by atoms with Gasteiger partial charge < -0.3 is 10.5 Å². The molecule has 5 nitrogen and oxygen atoms in total. The predicted molar refractivity (Wildman–Crippen MR) is 74.1 cm³/mol. The van der Waals surface area contributed by atoms with Crippen molar-refractivity contribution < 1.29 is 13.2 Å². The van der Waals surface area contributed by atoms with Gasteiger partial charge in [0.15, 0.2) is 0 Å². The fourth-order valence-corrected chi connectivity index (χ4v) is 3.14. The quantitative estimate of drug-likeness (QED) is 0.821. The second-order valence-electron chi connectivity index (χ2n) is 3.99. The Bertz CT molecular complexity index is 505. The Balaban J connectivity index is 3.00.